The Morgan fingerprint density at radius 2 is 1.90 bits per heavy atom. The highest BCUT2D eigenvalue weighted by Crippen LogP contribution is 2.17. The van der Waals surface area contributed by atoms with Gasteiger partial charge < -0.3 is 11.1 Å². The number of carbonyl (C=O) groups excluding carboxylic acids is 1. The predicted octanol–water partition coefficient (Wildman–Crippen LogP) is 0.816. The van der Waals surface area contributed by atoms with E-state index in [1.54, 1.807) is 0 Å². The van der Waals surface area contributed by atoms with Crippen molar-refractivity contribution in [3.05, 3.63) is 29.3 Å². The van der Waals surface area contributed by atoms with E-state index in [9.17, 15) is 13.2 Å². The molecule has 1 rings (SSSR count). The minimum atomic E-state index is -3.69. The van der Waals surface area contributed by atoms with Gasteiger partial charge in [-0.15, -0.1) is 0 Å². The van der Waals surface area contributed by atoms with Gasteiger partial charge in [-0.1, -0.05) is 11.6 Å². The second-order valence-electron chi connectivity index (χ2n) is 4.56. The molecule has 0 aliphatic heterocycles. The van der Waals surface area contributed by atoms with Crippen LogP contribution in [0.1, 0.15) is 12.8 Å². The average Bonchev–Trinajstić information content (AvgIpc) is 2.44. The monoisotopic (exact) mass is 333 g/mol. The molecule has 3 N–H and O–H groups in total. The van der Waals surface area contributed by atoms with Crippen LogP contribution in [0.2, 0.25) is 5.02 Å². The summed E-state index contributed by atoms with van der Waals surface area (Å²) in [5, 5.41) is 3.11. The van der Waals surface area contributed by atoms with E-state index in [1.165, 1.54) is 31.3 Å². The molecule has 0 aromatic heterocycles. The summed E-state index contributed by atoms with van der Waals surface area (Å²) in [6.45, 7) is 0.833. The molecule has 0 aliphatic carbocycles. The first-order valence-electron chi connectivity index (χ1n) is 6.56. The Hall–Kier alpha value is -1.15. The van der Waals surface area contributed by atoms with E-state index in [2.05, 4.69) is 5.32 Å². The molecule has 1 aromatic carbocycles. The van der Waals surface area contributed by atoms with Gasteiger partial charge in [-0.3, -0.25) is 4.79 Å². The van der Waals surface area contributed by atoms with Crippen LogP contribution in [0.5, 0.6) is 0 Å². The zero-order valence-electron chi connectivity index (χ0n) is 11.9. The maximum absolute atomic E-state index is 12.2. The van der Waals surface area contributed by atoms with Crippen LogP contribution in [-0.2, 0) is 14.8 Å². The van der Waals surface area contributed by atoms with Gasteiger partial charge >= 0.3 is 0 Å². The number of likely N-dealkylation sites (N-methyl/N-ethyl adjacent to an activating group) is 1. The largest absolute Gasteiger partial charge is 0.355 e. The second kappa shape index (κ2) is 8.33. The number of sulfonamides is 1. The molecule has 0 spiro atoms. The first-order chi connectivity index (χ1) is 9.87. The summed E-state index contributed by atoms with van der Waals surface area (Å²) in [7, 11) is -2.33. The van der Waals surface area contributed by atoms with E-state index in [-0.39, 0.29) is 17.3 Å². The number of nitrogens with zero attached hydrogens (tertiary/aromatic N) is 1. The standard InChI is InChI=1S/C13H20ClN3O3S/c1-17(10-13(18)16-9-3-2-8-15)21(19,20)12-6-4-11(14)5-7-12/h4-7H,2-3,8-10,15H2,1H3,(H,16,18). The van der Waals surface area contributed by atoms with Gasteiger partial charge in [0.05, 0.1) is 11.4 Å². The number of nitrogens with two attached hydrogens (primary N) is 1. The van der Waals surface area contributed by atoms with Crippen LogP contribution < -0.4 is 11.1 Å². The van der Waals surface area contributed by atoms with Crippen LogP contribution in [-0.4, -0.2) is 45.3 Å². The van der Waals surface area contributed by atoms with Gasteiger partial charge in [-0.05, 0) is 43.7 Å². The molecule has 0 heterocycles. The van der Waals surface area contributed by atoms with E-state index in [0.717, 1.165) is 17.1 Å². The predicted molar refractivity (Wildman–Crippen MR) is 82.6 cm³/mol. The van der Waals surface area contributed by atoms with Crippen molar-refractivity contribution in [1.82, 2.24) is 9.62 Å². The van der Waals surface area contributed by atoms with Crippen molar-refractivity contribution in [2.24, 2.45) is 5.73 Å². The van der Waals surface area contributed by atoms with Crippen molar-refractivity contribution >= 4 is 27.5 Å². The maximum atomic E-state index is 12.2. The molecular weight excluding hydrogens is 314 g/mol. The van der Waals surface area contributed by atoms with Crippen molar-refractivity contribution in [2.75, 3.05) is 26.7 Å². The molecule has 0 radical (unpaired) electrons. The summed E-state index contributed by atoms with van der Waals surface area (Å²) in [5.74, 6) is -0.341. The van der Waals surface area contributed by atoms with Gasteiger partial charge in [-0.25, -0.2) is 8.42 Å². The van der Waals surface area contributed by atoms with Gasteiger partial charge in [0.15, 0.2) is 0 Å². The quantitative estimate of drug-likeness (QED) is 0.689. The SMILES string of the molecule is CN(CC(=O)NCCCCN)S(=O)(=O)c1ccc(Cl)cc1. The van der Waals surface area contributed by atoms with Gasteiger partial charge in [-0.2, -0.15) is 4.31 Å². The molecule has 6 nitrogen and oxygen atoms in total. The molecule has 0 bridgehead atoms. The van der Waals surface area contributed by atoms with Crippen LogP contribution in [0.25, 0.3) is 0 Å². The lowest BCUT2D eigenvalue weighted by atomic mass is 10.3. The highest BCUT2D eigenvalue weighted by molar-refractivity contribution is 7.89. The molecule has 8 heteroatoms. The fraction of sp³-hybridized carbons (Fsp3) is 0.462. The summed E-state index contributed by atoms with van der Waals surface area (Å²) >= 11 is 5.73. The van der Waals surface area contributed by atoms with Crippen LogP contribution in [0.4, 0.5) is 0 Å². The van der Waals surface area contributed by atoms with Crippen LogP contribution in [0.3, 0.4) is 0 Å². The number of hydrogen-bond donors (Lipinski definition) is 2. The lowest BCUT2D eigenvalue weighted by Crippen LogP contribution is -2.38. The van der Waals surface area contributed by atoms with E-state index in [4.69, 9.17) is 17.3 Å². The van der Waals surface area contributed by atoms with Crippen LogP contribution in [0, 0.1) is 0 Å². The van der Waals surface area contributed by atoms with Crippen LogP contribution in [0.15, 0.2) is 29.2 Å². The molecule has 0 fully saturated rings. The van der Waals surface area contributed by atoms with Gasteiger partial charge in [0.2, 0.25) is 15.9 Å². The minimum Gasteiger partial charge on any atom is -0.355 e. The molecule has 0 saturated heterocycles. The Bertz CT molecular complexity index is 561. The second-order valence-corrected chi connectivity index (χ2v) is 7.04. The number of carbonyl (C=O) groups is 1. The summed E-state index contributed by atoms with van der Waals surface area (Å²) in [6, 6.07) is 5.81. The first-order valence-corrected chi connectivity index (χ1v) is 8.38. The zero-order valence-corrected chi connectivity index (χ0v) is 13.5. The number of benzene rings is 1. The summed E-state index contributed by atoms with van der Waals surface area (Å²) in [4.78, 5) is 11.8. The molecule has 0 unspecified atom stereocenters. The van der Waals surface area contributed by atoms with E-state index < -0.39 is 10.0 Å². The summed E-state index contributed by atoms with van der Waals surface area (Å²) in [6.07, 6.45) is 1.59. The van der Waals surface area contributed by atoms with Crippen LogP contribution >= 0.6 is 11.6 Å². The first kappa shape index (κ1) is 17.9. The average molecular weight is 334 g/mol. The number of hydrogen-bond acceptors (Lipinski definition) is 4. The number of nitrogens with one attached hydrogen (secondary N) is 1. The molecule has 1 amide bonds. The fourth-order valence-electron chi connectivity index (χ4n) is 1.63. The fourth-order valence-corrected chi connectivity index (χ4v) is 2.88. The Morgan fingerprint density at radius 1 is 1.29 bits per heavy atom. The van der Waals surface area contributed by atoms with Crippen molar-refractivity contribution in [1.29, 1.82) is 0 Å². The van der Waals surface area contributed by atoms with Crippen molar-refractivity contribution in [2.45, 2.75) is 17.7 Å². The highest BCUT2D eigenvalue weighted by atomic mass is 35.5. The molecule has 1 aromatic rings. The van der Waals surface area contributed by atoms with Crippen molar-refractivity contribution < 1.29 is 13.2 Å². The lowest BCUT2D eigenvalue weighted by molar-refractivity contribution is -0.121. The summed E-state index contributed by atoms with van der Waals surface area (Å²) in [5.41, 5.74) is 5.35. The Morgan fingerprint density at radius 3 is 2.48 bits per heavy atom. The van der Waals surface area contributed by atoms with E-state index >= 15 is 0 Å². The van der Waals surface area contributed by atoms with E-state index in [0.29, 0.717) is 18.1 Å². The Kier molecular flexibility index (Phi) is 7.10. The normalized spacial score (nSPS) is 11.6. The van der Waals surface area contributed by atoms with E-state index in [1.807, 2.05) is 0 Å². The number of unbranched alkanes of at least 4 members (excludes halogenated alkanes) is 1. The zero-order chi connectivity index (χ0) is 15.9. The number of rotatable bonds is 8. The maximum Gasteiger partial charge on any atom is 0.243 e. The third kappa shape index (κ3) is 5.62. The molecule has 118 valence electrons. The molecule has 0 saturated carbocycles. The Balaban J connectivity index is 2.59. The highest BCUT2D eigenvalue weighted by Gasteiger charge is 2.22. The molecule has 21 heavy (non-hydrogen) atoms. The molecular formula is C13H20ClN3O3S. The molecule has 0 atom stereocenters. The topological polar surface area (TPSA) is 92.5 Å². The third-order valence-electron chi connectivity index (χ3n) is 2.84. The van der Waals surface area contributed by atoms with Crippen molar-refractivity contribution in [3.63, 3.8) is 0 Å². The number of halogens is 1. The third-order valence-corrected chi connectivity index (χ3v) is 4.91. The van der Waals surface area contributed by atoms with Gasteiger partial charge in [0.1, 0.15) is 0 Å². The summed E-state index contributed by atoms with van der Waals surface area (Å²) < 4.78 is 25.5. The Labute approximate surface area is 130 Å². The van der Waals surface area contributed by atoms with Crippen molar-refractivity contribution in [3.8, 4) is 0 Å². The van der Waals surface area contributed by atoms with Gasteiger partial charge in [0.25, 0.3) is 0 Å². The lowest BCUT2D eigenvalue weighted by Gasteiger charge is -2.17. The number of amides is 1. The minimum absolute atomic E-state index is 0.102. The smallest absolute Gasteiger partial charge is 0.243 e. The van der Waals surface area contributed by atoms with Gasteiger partial charge in [0, 0.05) is 18.6 Å². The molecule has 0 aliphatic rings.